The van der Waals surface area contributed by atoms with Crippen LogP contribution in [0.4, 0.5) is 0 Å². The fraction of sp³-hybridized carbons (Fsp3) is 0.842. The number of carbonyl (C=O) groups is 3. The van der Waals surface area contributed by atoms with Crippen LogP contribution in [0, 0.1) is 5.41 Å². The lowest BCUT2D eigenvalue weighted by atomic mass is 9.97. The summed E-state index contributed by atoms with van der Waals surface area (Å²) in [6, 6.07) is 0. The molecule has 0 aliphatic carbocycles. The molecule has 0 N–H and O–H groups in total. The number of rotatable bonds is 11. The highest BCUT2D eigenvalue weighted by atomic mass is 127. The van der Waals surface area contributed by atoms with Gasteiger partial charge in [0, 0.05) is 19.6 Å². The molecule has 0 aromatic carbocycles. The Hall–Kier alpha value is -0.170. The molecule has 0 rings (SSSR count). The molecule has 9 heteroatoms. The van der Waals surface area contributed by atoms with Crippen molar-refractivity contribution in [2.45, 2.75) is 55.3 Å². The molecule has 0 fully saturated rings. The van der Waals surface area contributed by atoms with E-state index in [2.05, 4.69) is 0 Å². The first-order valence-electron chi connectivity index (χ1n) is 9.17. The maximum atomic E-state index is 11.9. The predicted octanol–water partition coefficient (Wildman–Crippen LogP) is 3.39. The smallest absolute Gasteiger partial charge is 0.321 e. The fourth-order valence-electron chi connectivity index (χ4n) is 1.70. The number of nitrogens with zero attached hydrogens (tertiary/aromatic N) is 1. The summed E-state index contributed by atoms with van der Waals surface area (Å²) >= 11 is 4.06. The van der Waals surface area contributed by atoms with Crippen LogP contribution in [0.2, 0.25) is 0 Å². The molecule has 0 unspecified atom stereocenters. The van der Waals surface area contributed by atoms with E-state index >= 15 is 0 Å². The van der Waals surface area contributed by atoms with Crippen molar-refractivity contribution < 1.29 is 28.6 Å². The first kappa shape index (κ1) is 27.8. The van der Waals surface area contributed by atoms with E-state index in [0.717, 1.165) is 0 Å². The Morgan fingerprint density at radius 1 is 0.643 bits per heavy atom. The molecular weight excluding hydrogens is 592 g/mol. The van der Waals surface area contributed by atoms with Crippen molar-refractivity contribution in [3.63, 3.8) is 0 Å². The van der Waals surface area contributed by atoms with Crippen LogP contribution in [0.3, 0.4) is 0 Å². The first-order chi connectivity index (χ1) is 12.5. The van der Waals surface area contributed by atoms with E-state index in [4.69, 9.17) is 14.2 Å². The number of hydrogen-bond acceptors (Lipinski definition) is 7. The SMILES string of the molecule is CC(C)(C)C(=O)OCCN(CCOC(=O)C(C)(C)I)CCOC(=O)C(C)(C)I. The molecule has 0 bridgehead atoms. The molecule has 7 nitrogen and oxygen atoms in total. The average molecular weight is 625 g/mol. The van der Waals surface area contributed by atoms with Gasteiger partial charge in [-0.15, -0.1) is 0 Å². The van der Waals surface area contributed by atoms with Gasteiger partial charge in [0.15, 0.2) is 0 Å². The van der Waals surface area contributed by atoms with Gasteiger partial charge in [-0.1, -0.05) is 45.2 Å². The molecule has 0 spiro atoms. The molecule has 0 aromatic rings. The monoisotopic (exact) mass is 625 g/mol. The van der Waals surface area contributed by atoms with Crippen LogP contribution in [-0.4, -0.2) is 69.1 Å². The normalized spacial score (nSPS) is 12.6. The molecular formula is C19H33I2NO6. The van der Waals surface area contributed by atoms with Crippen molar-refractivity contribution in [3.8, 4) is 0 Å². The summed E-state index contributed by atoms with van der Waals surface area (Å²) in [5.74, 6) is -0.848. The van der Waals surface area contributed by atoms with E-state index in [1.807, 2.05) is 50.1 Å². The Labute approximate surface area is 195 Å². The summed E-state index contributed by atoms with van der Waals surface area (Å²) < 4.78 is 14.7. The summed E-state index contributed by atoms with van der Waals surface area (Å²) in [5, 5.41) is 0. The van der Waals surface area contributed by atoms with Gasteiger partial charge in [-0.25, -0.2) is 0 Å². The lowest BCUT2D eigenvalue weighted by molar-refractivity contribution is -0.153. The van der Waals surface area contributed by atoms with Gasteiger partial charge in [-0.2, -0.15) is 0 Å². The molecule has 0 aliphatic rings. The number of esters is 3. The van der Waals surface area contributed by atoms with E-state index in [1.165, 1.54) is 0 Å². The van der Waals surface area contributed by atoms with Crippen LogP contribution in [0.1, 0.15) is 48.5 Å². The lowest BCUT2D eigenvalue weighted by Crippen LogP contribution is -2.38. The second-order valence-electron chi connectivity index (χ2n) is 8.44. The highest BCUT2D eigenvalue weighted by molar-refractivity contribution is 14.1. The van der Waals surface area contributed by atoms with Crippen LogP contribution < -0.4 is 0 Å². The number of carbonyl (C=O) groups excluding carboxylic acids is 3. The van der Waals surface area contributed by atoms with Crippen molar-refractivity contribution in [1.82, 2.24) is 4.90 Å². The Kier molecular flexibility index (Phi) is 11.8. The van der Waals surface area contributed by atoms with Crippen molar-refractivity contribution in [2.75, 3.05) is 39.5 Å². The summed E-state index contributed by atoms with van der Waals surface area (Å²) in [7, 11) is 0. The second-order valence-corrected chi connectivity index (χ2v) is 13.8. The van der Waals surface area contributed by atoms with Gasteiger partial charge in [0.05, 0.1) is 5.41 Å². The molecule has 28 heavy (non-hydrogen) atoms. The van der Waals surface area contributed by atoms with Gasteiger partial charge < -0.3 is 14.2 Å². The van der Waals surface area contributed by atoms with E-state index in [1.54, 1.807) is 48.5 Å². The Morgan fingerprint density at radius 2 is 0.929 bits per heavy atom. The first-order valence-corrected chi connectivity index (χ1v) is 11.3. The largest absolute Gasteiger partial charge is 0.464 e. The number of ether oxygens (including phenoxy) is 3. The third kappa shape index (κ3) is 12.4. The van der Waals surface area contributed by atoms with Crippen LogP contribution in [-0.2, 0) is 28.6 Å². The molecule has 0 aliphatic heterocycles. The van der Waals surface area contributed by atoms with Gasteiger partial charge in [0.2, 0.25) is 0 Å². The zero-order chi connectivity index (χ0) is 22.2. The van der Waals surface area contributed by atoms with E-state index in [9.17, 15) is 14.4 Å². The zero-order valence-electron chi connectivity index (χ0n) is 17.9. The summed E-state index contributed by atoms with van der Waals surface area (Å²) in [6.45, 7) is 14.5. The molecule has 0 amide bonds. The molecule has 0 saturated carbocycles. The van der Waals surface area contributed by atoms with E-state index in [0.29, 0.717) is 19.6 Å². The highest BCUT2D eigenvalue weighted by Gasteiger charge is 2.27. The Balaban J connectivity index is 4.58. The molecule has 0 heterocycles. The van der Waals surface area contributed by atoms with Gasteiger partial charge in [0.1, 0.15) is 26.7 Å². The molecule has 0 aromatic heterocycles. The van der Waals surface area contributed by atoms with Crippen LogP contribution in [0.15, 0.2) is 0 Å². The Morgan fingerprint density at radius 3 is 1.18 bits per heavy atom. The maximum absolute atomic E-state index is 11.9. The van der Waals surface area contributed by atoms with Gasteiger partial charge in [0.25, 0.3) is 0 Å². The minimum atomic E-state index is -0.591. The minimum Gasteiger partial charge on any atom is -0.464 e. The third-order valence-electron chi connectivity index (χ3n) is 3.51. The highest BCUT2D eigenvalue weighted by Crippen LogP contribution is 2.19. The van der Waals surface area contributed by atoms with Crippen LogP contribution in [0.25, 0.3) is 0 Å². The van der Waals surface area contributed by atoms with Gasteiger partial charge >= 0.3 is 17.9 Å². The average Bonchev–Trinajstić information content (AvgIpc) is 2.51. The van der Waals surface area contributed by atoms with Crippen molar-refractivity contribution in [2.24, 2.45) is 5.41 Å². The molecule has 164 valence electrons. The Bertz CT molecular complexity index is 456. The quantitative estimate of drug-likeness (QED) is 0.151. The molecule has 0 atom stereocenters. The lowest BCUT2D eigenvalue weighted by Gasteiger charge is -2.24. The minimum absolute atomic E-state index is 0.213. The zero-order valence-corrected chi connectivity index (χ0v) is 22.2. The summed E-state index contributed by atoms with van der Waals surface area (Å²) in [6.07, 6.45) is 0. The topological polar surface area (TPSA) is 82.1 Å². The number of alkyl halides is 2. The van der Waals surface area contributed by atoms with Crippen LogP contribution in [0.5, 0.6) is 0 Å². The maximum Gasteiger partial charge on any atom is 0.321 e. The van der Waals surface area contributed by atoms with Crippen molar-refractivity contribution in [3.05, 3.63) is 0 Å². The summed E-state index contributed by atoms with van der Waals surface area (Å²) in [5.41, 5.74) is -0.562. The van der Waals surface area contributed by atoms with Gasteiger partial charge in [-0.3, -0.25) is 19.3 Å². The van der Waals surface area contributed by atoms with E-state index in [-0.39, 0.29) is 37.7 Å². The molecule has 0 radical (unpaired) electrons. The summed E-state index contributed by atoms with van der Waals surface area (Å²) in [4.78, 5) is 37.6. The van der Waals surface area contributed by atoms with Crippen molar-refractivity contribution >= 4 is 63.1 Å². The van der Waals surface area contributed by atoms with Gasteiger partial charge in [-0.05, 0) is 48.5 Å². The standard InChI is InChI=1S/C19H33I2NO6/c1-17(2,3)14(23)26-11-8-22(9-12-27-15(24)18(4,5)20)10-13-28-16(25)19(6,7)21/h8-13H2,1-7H3. The second kappa shape index (κ2) is 11.9. The third-order valence-corrected chi connectivity index (χ3v) is 4.39. The van der Waals surface area contributed by atoms with Crippen LogP contribution >= 0.6 is 45.2 Å². The van der Waals surface area contributed by atoms with Crippen molar-refractivity contribution in [1.29, 1.82) is 0 Å². The molecule has 0 saturated heterocycles. The number of halogens is 2. The fourth-order valence-corrected chi connectivity index (χ4v) is 2.01. The van der Waals surface area contributed by atoms with E-state index < -0.39 is 12.3 Å². The predicted molar refractivity (Wildman–Crippen MR) is 125 cm³/mol. The number of hydrogen-bond donors (Lipinski definition) is 0.